The van der Waals surface area contributed by atoms with Gasteiger partial charge in [0.15, 0.2) is 0 Å². The van der Waals surface area contributed by atoms with Crippen LogP contribution in [0.3, 0.4) is 0 Å². The number of esters is 1. The summed E-state index contributed by atoms with van der Waals surface area (Å²) in [6, 6.07) is 7.59. The lowest BCUT2D eigenvalue weighted by atomic mass is 10.0. The molecule has 0 saturated carbocycles. The molecule has 0 aromatic heterocycles. The maximum absolute atomic E-state index is 10.9. The first-order chi connectivity index (χ1) is 8.56. The largest absolute Gasteiger partial charge is 0.427 e. The lowest BCUT2D eigenvalue weighted by Crippen LogP contribution is -2.32. The number of hydrogen-bond donors (Lipinski definition) is 2. The third kappa shape index (κ3) is 3.09. The first kappa shape index (κ1) is 13.1. The second-order valence-electron chi connectivity index (χ2n) is 4.86. The van der Waals surface area contributed by atoms with E-state index in [-0.39, 0.29) is 12.0 Å². The molecule has 0 bridgehead atoms. The van der Waals surface area contributed by atoms with Crippen molar-refractivity contribution in [1.82, 2.24) is 5.32 Å². The molecule has 4 heteroatoms. The smallest absolute Gasteiger partial charge is 0.308 e. The Balaban J connectivity index is 2.10. The number of aliphatic hydroxyl groups excluding tert-OH is 1. The van der Waals surface area contributed by atoms with Crippen molar-refractivity contribution in [3.63, 3.8) is 0 Å². The molecule has 98 valence electrons. The lowest BCUT2D eigenvalue weighted by molar-refractivity contribution is -0.131. The zero-order valence-electron chi connectivity index (χ0n) is 10.7. The minimum Gasteiger partial charge on any atom is -0.427 e. The van der Waals surface area contributed by atoms with Gasteiger partial charge in [-0.25, -0.2) is 0 Å². The van der Waals surface area contributed by atoms with Crippen molar-refractivity contribution in [3.8, 4) is 5.75 Å². The fraction of sp³-hybridized carbons (Fsp3) is 0.500. The Morgan fingerprint density at radius 3 is 2.89 bits per heavy atom. The summed E-state index contributed by atoms with van der Waals surface area (Å²) in [6.45, 7) is 3.48. The van der Waals surface area contributed by atoms with Crippen LogP contribution < -0.4 is 10.1 Å². The summed E-state index contributed by atoms with van der Waals surface area (Å²) in [5.41, 5.74) is 0.778. The predicted octanol–water partition coefficient (Wildman–Crippen LogP) is 1.79. The van der Waals surface area contributed by atoms with E-state index in [9.17, 15) is 9.90 Å². The van der Waals surface area contributed by atoms with Gasteiger partial charge in [0.1, 0.15) is 5.75 Å². The molecule has 1 saturated heterocycles. The number of rotatable bonds is 3. The predicted molar refractivity (Wildman–Crippen MR) is 68.3 cm³/mol. The van der Waals surface area contributed by atoms with Crippen LogP contribution in [-0.2, 0) is 4.79 Å². The molecule has 1 aromatic rings. The lowest BCUT2D eigenvalue weighted by Gasteiger charge is -2.20. The summed E-state index contributed by atoms with van der Waals surface area (Å²) in [4.78, 5) is 10.9. The molecule has 4 nitrogen and oxygen atoms in total. The van der Waals surface area contributed by atoms with E-state index in [1.807, 2.05) is 6.07 Å². The van der Waals surface area contributed by atoms with E-state index in [2.05, 4.69) is 12.2 Å². The zero-order chi connectivity index (χ0) is 13.1. The van der Waals surface area contributed by atoms with Crippen LogP contribution in [0.4, 0.5) is 0 Å². The molecule has 0 radical (unpaired) electrons. The molecule has 2 N–H and O–H groups in total. The van der Waals surface area contributed by atoms with Gasteiger partial charge in [0, 0.05) is 19.0 Å². The highest BCUT2D eigenvalue weighted by atomic mass is 16.5. The number of hydrogen-bond acceptors (Lipinski definition) is 4. The fourth-order valence-electron chi connectivity index (χ4n) is 2.37. The van der Waals surface area contributed by atoms with Gasteiger partial charge < -0.3 is 15.2 Å². The molecule has 0 aliphatic carbocycles. The third-order valence-electron chi connectivity index (χ3n) is 3.25. The molecule has 1 aliphatic rings. The highest BCUT2D eigenvalue weighted by molar-refractivity contribution is 5.69. The Morgan fingerprint density at radius 1 is 1.50 bits per heavy atom. The monoisotopic (exact) mass is 249 g/mol. The van der Waals surface area contributed by atoms with Crippen LogP contribution >= 0.6 is 0 Å². The van der Waals surface area contributed by atoms with Crippen molar-refractivity contribution < 1.29 is 14.6 Å². The first-order valence-electron chi connectivity index (χ1n) is 6.29. The van der Waals surface area contributed by atoms with Gasteiger partial charge >= 0.3 is 5.97 Å². The molecule has 1 fully saturated rings. The molecular formula is C14H19NO3. The SMILES string of the molecule is CC(=O)Oc1cccc([C@H](O)[C@@H]2CC[C@H](C)N2)c1. The quantitative estimate of drug-likeness (QED) is 0.633. The van der Waals surface area contributed by atoms with E-state index < -0.39 is 6.10 Å². The highest BCUT2D eigenvalue weighted by Gasteiger charge is 2.27. The highest BCUT2D eigenvalue weighted by Crippen LogP contribution is 2.27. The Morgan fingerprint density at radius 2 is 2.28 bits per heavy atom. The van der Waals surface area contributed by atoms with Crippen molar-refractivity contribution in [2.75, 3.05) is 0 Å². The van der Waals surface area contributed by atoms with Crippen LogP contribution in [-0.4, -0.2) is 23.2 Å². The van der Waals surface area contributed by atoms with Gasteiger partial charge in [-0.2, -0.15) is 0 Å². The van der Waals surface area contributed by atoms with Crippen LogP contribution in [0.15, 0.2) is 24.3 Å². The van der Waals surface area contributed by atoms with Gasteiger partial charge in [0.2, 0.25) is 0 Å². The van der Waals surface area contributed by atoms with Crippen LogP contribution in [0.1, 0.15) is 38.4 Å². The minimum absolute atomic E-state index is 0.0765. The van der Waals surface area contributed by atoms with Gasteiger partial charge in [-0.1, -0.05) is 12.1 Å². The number of benzene rings is 1. The number of nitrogens with one attached hydrogen (secondary N) is 1. The van der Waals surface area contributed by atoms with E-state index in [1.54, 1.807) is 18.2 Å². The topological polar surface area (TPSA) is 58.6 Å². The van der Waals surface area contributed by atoms with Crippen LogP contribution in [0.5, 0.6) is 5.75 Å². The fourth-order valence-corrected chi connectivity index (χ4v) is 2.37. The van der Waals surface area contributed by atoms with Crippen molar-refractivity contribution in [3.05, 3.63) is 29.8 Å². The first-order valence-corrected chi connectivity index (χ1v) is 6.29. The molecule has 1 aliphatic heterocycles. The average Bonchev–Trinajstić information content (AvgIpc) is 2.74. The standard InChI is InChI=1S/C14H19NO3/c1-9-6-7-13(15-9)14(17)11-4-3-5-12(8-11)18-10(2)16/h3-5,8-9,13-15,17H,6-7H2,1-2H3/t9-,13-,14-/m0/s1. The Hall–Kier alpha value is -1.39. The molecule has 2 rings (SSSR count). The maximum atomic E-state index is 10.9. The number of carbonyl (C=O) groups is 1. The maximum Gasteiger partial charge on any atom is 0.308 e. The van der Waals surface area contributed by atoms with Crippen molar-refractivity contribution in [1.29, 1.82) is 0 Å². The molecule has 0 spiro atoms. The molecule has 1 heterocycles. The summed E-state index contributed by atoms with van der Waals surface area (Å²) in [7, 11) is 0. The number of ether oxygens (including phenoxy) is 1. The van der Waals surface area contributed by atoms with Crippen molar-refractivity contribution in [2.24, 2.45) is 0 Å². The molecule has 1 aromatic carbocycles. The number of carbonyl (C=O) groups excluding carboxylic acids is 1. The number of aliphatic hydroxyl groups is 1. The van der Waals surface area contributed by atoms with Gasteiger partial charge in [0.25, 0.3) is 0 Å². The molecule has 18 heavy (non-hydrogen) atoms. The molecular weight excluding hydrogens is 230 g/mol. The van der Waals surface area contributed by atoms with E-state index in [4.69, 9.17) is 4.74 Å². The Labute approximate surface area is 107 Å². The third-order valence-corrected chi connectivity index (χ3v) is 3.25. The van der Waals surface area contributed by atoms with Crippen LogP contribution in [0, 0.1) is 0 Å². The zero-order valence-corrected chi connectivity index (χ0v) is 10.7. The van der Waals surface area contributed by atoms with Crippen molar-refractivity contribution >= 4 is 5.97 Å². The Bertz CT molecular complexity index is 433. The summed E-state index contributed by atoms with van der Waals surface area (Å²) < 4.78 is 5.02. The summed E-state index contributed by atoms with van der Waals surface area (Å²) in [5.74, 6) is 0.124. The Kier molecular flexibility index (Phi) is 3.99. The van der Waals surface area contributed by atoms with Crippen LogP contribution in [0.25, 0.3) is 0 Å². The molecule has 0 amide bonds. The van der Waals surface area contributed by atoms with E-state index >= 15 is 0 Å². The molecule has 0 unspecified atom stereocenters. The van der Waals surface area contributed by atoms with Gasteiger partial charge in [0.05, 0.1) is 6.10 Å². The van der Waals surface area contributed by atoms with E-state index in [1.165, 1.54) is 6.92 Å². The summed E-state index contributed by atoms with van der Waals surface area (Å²) >= 11 is 0. The van der Waals surface area contributed by atoms with E-state index in [0.29, 0.717) is 11.8 Å². The normalized spacial score (nSPS) is 24.8. The second-order valence-corrected chi connectivity index (χ2v) is 4.86. The van der Waals surface area contributed by atoms with Gasteiger partial charge in [-0.15, -0.1) is 0 Å². The van der Waals surface area contributed by atoms with Crippen LogP contribution in [0.2, 0.25) is 0 Å². The van der Waals surface area contributed by atoms with Gasteiger partial charge in [-0.3, -0.25) is 4.79 Å². The van der Waals surface area contributed by atoms with Gasteiger partial charge in [-0.05, 0) is 37.5 Å². The van der Waals surface area contributed by atoms with Crippen molar-refractivity contribution in [2.45, 2.75) is 44.9 Å². The van der Waals surface area contributed by atoms with E-state index in [0.717, 1.165) is 18.4 Å². The summed E-state index contributed by atoms with van der Waals surface area (Å²) in [6.07, 6.45) is 1.47. The molecule has 3 atom stereocenters. The average molecular weight is 249 g/mol. The summed E-state index contributed by atoms with van der Waals surface area (Å²) in [5, 5.41) is 13.6. The minimum atomic E-state index is -0.564. The second kappa shape index (κ2) is 5.50.